The van der Waals surface area contributed by atoms with Gasteiger partial charge in [-0.1, -0.05) is 41.1 Å². The van der Waals surface area contributed by atoms with E-state index in [4.69, 9.17) is 16.3 Å². The molecule has 4 aromatic rings. The highest BCUT2D eigenvalue weighted by Crippen LogP contribution is 2.25. The number of nitrogens with zero attached hydrogens (tertiary/aromatic N) is 2. The molecule has 0 aliphatic heterocycles. The number of benzene rings is 2. The van der Waals surface area contributed by atoms with Gasteiger partial charge in [-0.05, 0) is 35.9 Å². The van der Waals surface area contributed by atoms with Crippen molar-refractivity contribution in [2.24, 2.45) is 0 Å². The Hall–Kier alpha value is -2.37. The fourth-order valence-corrected chi connectivity index (χ4v) is 3.79. The number of methoxy groups -OCH3 is 1. The van der Waals surface area contributed by atoms with Crippen LogP contribution in [0.5, 0.6) is 5.75 Å². The highest BCUT2D eigenvalue weighted by atomic mass is 35.5. The minimum Gasteiger partial charge on any atom is -0.495 e. The molecule has 23 heavy (non-hydrogen) atoms. The Morgan fingerprint density at radius 1 is 1.26 bits per heavy atom. The Balaban J connectivity index is 1.94. The maximum absolute atomic E-state index is 12.7. The lowest BCUT2D eigenvalue weighted by atomic mass is 10.2. The summed E-state index contributed by atoms with van der Waals surface area (Å²) in [7, 11) is 1.57. The Morgan fingerprint density at radius 2 is 2.09 bits per heavy atom. The Labute approximate surface area is 140 Å². The number of aromatic nitrogens is 2. The molecule has 0 aliphatic rings. The quantitative estimate of drug-likeness (QED) is 0.562. The molecule has 4 rings (SSSR count). The lowest BCUT2D eigenvalue weighted by molar-refractivity contribution is 0.415. The number of halogens is 1. The van der Waals surface area contributed by atoms with E-state index in [-0.39, 0.29) is 5.56 Å². The minimum atomic E-state index is -0.0642. The van der Waals surface area contributed by atoms with Crippen molar-refractivity contribution in [1.82, 2.24) is 9.38 Å². The molecular weight excluding hydrogens is 332 g/mol. The first-order chi connectivity index (χ1) is 11.2. The normalized spacial score (nSPS) is 12.3. The molecule has 0 unspecified atom stereocenters. The fourth-order valence-electron chi connectivity index (χ4n) is 2.54. The third kappa shape index (κ3) is 2.29. The van der Waals surface area contributed by atoms with Gasteiger partial charge in [0.25, 0.3) is 5.56 Å². The van der Waals surface area contributed by atoms with Gasteiger partial charge in [0, 0.05) is 0 Å². The molecule has 6 heteroatoms. The first kappa shape index (κ1) is 14.2. The van der Waals surface area contributed by atoms with Gasteiger partial charge in [-0.3, -0.25) is 4.79 Å². The minimum absolute atomic E-state index is 0.0642. The predicted molar refractivity (Wildman–Crippen MR) is 93.6 cm³/mol. The zero-order chi connectivity index (χ0) is 16.0. The number of fused-ring (bicyclic) bond motifs is 3. The number of hydrogen-bond acceptors (Lipinski definition) is 4. The summed E-state index contributed by atoms with van der Waals surface area (Å²) in [6.07, 6.45) is 1.82. The monoisotopic (exact) mass is 342 g/mol. The Morgan fingerprint density at radius 3 is 2.87 bits per heavy atom. The van der Waals surface area contributed by atoms with Gasteiger partial charge < -0.3 is 4.74 Å². The number of ether oxygens (including phenoxy) is 1. The molecule has 0 fully saturated rings. The molecule has 2 heterocycles. The van der Waals surface area contributed by atoms with Crippen LogP contribution in [0.15, 0.2) is 47.3 Å². The molecule has 0 amide bonds. The number of rotatable bonds is 2. The highest BCUT2D eigenvalue weighted by molar-refractivity contribution is 7.15. The van der Waals surface area contributed by atoms with Crippen LogP contribution in [0.3, 0.4) is 0 Å². The molecule has 2 aromatic carbocycles. The van der Waals surface area contributed by atoms with Gasteiger partial charge in [0.15, 0.2) is 4.96 Å². The van der Waals surface area contributed by atoms with Crippen LogP contribution >= 0.6 is 22.9 Å². The van der Waals surface area contributed by atoms with Gasteiger partial charge in [0.2, 0.25) is 0 Å². The van der Waals surface area contributed by atoms with Crippen molar-refractivity contribution in [2.75, 3.05) is 7.11 Å². The van der Waals surface area contributed by atoms with E-state index in [1.807, 2.05) is 36.4 Å². The SMILES string of the molecule is COc1ccc(/C=c2/sc3nc4ccccc4n3c2=O)cc1Cl. The van der Waals surface area contributed by atoms with Crippen LogP contribution in [0, 0.1) is 0 Å². The number of imidazole rings is 1. The summed E-state index contributed by atoms with van der Waals surface area (Å²) >= 11 is 7.50. The van der Waals surface area contributed by atoms with Crippen molar-refractivity contribution in [3.8, 4) is 5.75 Å². The highest BCUT2D eigenvalue weighted by Gasteiger charge is 2.10. The summed E-state index contributed by atoms with van der Waals surface area (Å²) in [6.45, 7) is 0. The van der Waals surface area contributed by atoms with E-state index in [1.165, 1.54) is 11.3 Å². The average molecular weight is 343 g/mol. The maximum Gasteiger partial charge on any atom is 0.274 e. The first-order valence-electron chi connectivity index (χ1n) is 6.92. The molecule has 114 valence electrons. The van der Waals surface area contributed by atoms with Crippen molar-refractivity contribution < 1.29 is 4.74 Å². The van der Waals surface area contributed by atoms with Crippen molar-refractivity contribution in [2.45, 2.75) is 0 Å². The van der Waals surface area contributed by atoms with Gasteiger partial charge in [-0.25, -0.2) is 9.38 Å². The standard InChI is InChI=1S/C17H11ClN2O2S/c1-22-14-7-6-10(8-11(14)18)9-15-16(21)20-13-5-3-2-4-12(13)19-17(20)23-15/h2-9H,1H3/b15-9+. The van der Waals surface area contributed by atoms with Crippen LogP contribution in [0.25, 0.3) is 22.1 Å². The molecule has 0 spiro atoms. The van der Waals surface area contributed by atoms with Crippen molar-refractivity contribution in [1.29, 1.82) is 0 Å². The van der Waals surface area contributed by atoms with E-state index in [0.29, 0.717) is 20.3 Å². The summed E-state index contributed by atoms with van der Waals surface area (Å²) in [4.78, 5) is 17.9. The van der Waals surface area contributed by atoms with Gasteiger partial charge in [-0.2, -0.15) is 0 Å². The largest absolute Gasteiger partial charge is 0.495 e. The van der Waals surface area contributed by atoms with E-state index in [0.717, 1.165) is 16.6 Å². The maximum atomic E-state index is 12.7. The lowest BCUT2D eigenvalue weighted by Crippen LogP contribution is -2.22. The second-order valence-corrected chi connectivity index (χ2v) is 6.44. The van der Waals surface area contributed by atoms with Gasteiger partial charge in [-0.15, -0.1) is 0 Å². The van der Waals surface area contributed by atoms with Gasteiger partial charge in [0.05, 0.1) is 27.7 Å². The molecule has 2 aromatic heterocycles. The van der Waals surface area contributed by atoms with Crippen LogP contribution in [-0.4, -0.2) is 16.5 Å². The van der Waals surface area contributed by atoms with Crippen molar-refractivity contribution in [3.63, 3.8) is 0 Å². The fraction of sp³-hybridized carbons (Fsp3) is 0.0588. The van der Waals surface area contributed by atoms with Crippen LogP contribution in [0.1, 0.15) is 5.56 Å². The molecule has 0 bridgehead atoms. The second-order valence-electron chi connectivity index (χ2n) is 5.03. The summed E-state index contributed by atoms with van der Waals surface area (Å²) in [5, 5.41) is 0.514. The zero-order valence-corrected chi connectivity index (χ0v) is 13.7. The number of thiazole rings is 1. The number of hydrogen-bond donors (Lipinski definition) is 0. The second kappa shape index (κ2) is 5.37. The molecule has 0 radical (unpaired) electrons. The van der Waals surface area contributed by atoms with Gasteiger partial charge >= 0.3 is 0 Å². The summed E-state index contributed by atoms with van der Waals surface area (Å²) in [5.74, 6) is 0.609. The third-order valence-electron chi connectivity index (χ3n) is 3.62. The summed E-state index contributed by atoms with van der Waals surface area (Å²) in [6, 6.07) is 13.0. The molecule has 0 saturated heterocycles. The zero-order valence-electron chi connectivity index (χ0n) is 12.1. The molecular formula is C17H11ClN2O2S. The molecule has 0 atom stereocenters. The Kier molecular flexibility index (Phi) is 3.32. The molecule has 0 aliphatic carbocycles. The van der Waals surface area contributed by atoms with E-state index >= 15 is 0 Å². The van der Waals surface area contributed by atoms with Crippen LogP contribution in [0.2, 0.25) is 5.02 Å². The average Bonchev–Trinajstić information content (AvgIpc) is 3.05. The van der Waals surface area contributed by atoms with Crippen molar-refractivity contribution >= 4 is 45.0 Å². The van der Waals surface area contributed by atoms with E-state index in [1.54, 1.807) is 23.6 Å². The third-order valence-corrected chi connectivity index (χ3v) is 4.88. The summed E-state index contributed by atoms with van der Waals surface area (Å²) < 4.78 is 7.41. The smallest absolute Gasteiger partial charge is 0.274 e. The predicted octanol–water partition coefficient (Wildman–Crippen LogP) is 3.12. The lowest BCUT2D eigenvalue weighted by Gasteiger charge is -2.02. The van der Waals surface area contributed by atoms with E-state index < -0.39 is 0 Å². The van der Waals surface area contributed by atoms with Crippen LogP contribution in [0.4, 0.5) is 0 Å². The van der Waals surface area contributed by atoms with Crippen LogP contribution < -0.4 is 14.8 Å². The summed E-state index contributed by atoms with van der Waals surface area (Å²) in [5.41, 5.74) is 2.44. The van der Waals surface area contributed by atoms with E-state index in [9.17, 15) is 4.79 Å². The first-order valence-corrected chi connectivity index (χ1v) is 8.12. The molecule has 0 saturated carbocycles. The van der Waals surface area contributed by atoms with Crippen LogP contribution in [-0.2, 0) is 0 Å². The number of para-hydroxylation sites is 2. The van der Waals surface area contributed by atoms with Crippen molar-refractivity contribution in [3.05, 3.63) is 67.9 Å². The van der Waals surface area contributed by atoms with E-state index in [2.05, 4.69) is 4.98 Å². The topological polar surface area (TPSA) is 43.6 Å². The molecule has 0 N–H and O–H groups in total. The Bertz CT molecular complexity index is 1150. The van der Waals surface area contributed by atoms with Gasteiger partial charge in [0.1, 0.15) is 5.75 Å². The molecule has 4 nitrogen and oxygen atoms in total.